The molecule has 0 fully saturated rings. The van der Waals surface area contributed by atoms with Crippen molar-refractivity contribution in [3.05, 3.63) is 47.5 Å². The number of rotatable bonds is 0. The van der Waals surface area contributed by atoms with Gasteiger partial charge >= 0.3 is 11.9 Å². The molecule has 4 heteroatoms. The van der Waals surface area contributed by atoms with Gasteiger partial charge in [0.25, 0.3) is 0 Å². The van der Waals surface area contributed by atoms with Crippen molar-refractivity contribution < 1.29 is 14.3 Å². The van der Waals surface area contributed by atoms with Gasteiger partial charge in [0, 0.05) is 28.9 Å². The summed E-state index contributed by atoms with van der Waals surface area (Å²) in [5.74, 6) is -1.11. The maximum absolute atomic E-state index is 11.9. The van der Waals surface area contributed by atoms with E-state index in [1.807, 2.05) is 41.9 Å². The number of para-hydroxylation sites is 1. The van der Waals surface area contributed by atoms with Gasteiger partial charge in [0.1, 0.15) is 0 Å². The molecule has 2 heterocycles. The molecule has 2 aromatic carbocycles. The predicted molar refractivity (Wildman–Crippen MR) is 70.2 cm³/mol. The van der Waals surface area contributed by atoms with Crippen LogP contribution in [-0.2, 0) is 11.8 Å². The van der Waals surface area contributed by atoms with Crippen LogP contribution in [-0.4, -0.2) is 16.5 Å². The van der Waals surface area contributed by atoms with Gasteiger partial charge in [-0.3, -0.25) is 0 Å². The van der Waals surface area contributed by atoms with Gasteiger partial charge in [-0.25, -0.2) is 9.59 Å². The molecule has 0 amide bonds. The normalized spacial score (nSPS) is 14.2. The van der Waals surface area contributed by atoms with Gasteiger partial charge in [-0.1, -0.05) is 18.2 Å². The summed E-state index contributed by atoms with van der Waals surface area (Å²) in [6, 6.07) is 11.3. The van der Waals surface area contributed by atoms with Gasteiger partial charge in [0.05, 0.1) is 11.1 Å². The number of benzene rings is 2. The third-order valence-electron chi connectivity index (χ3n) is 3.69. The van der Waals surface area contributed by atoms with Crippen LogP contribution in [0.3, 0.4) is 0 Å². The molecular formula is C15H9NO3. The topological polar surface area (TPSA) is 48.3 Å². The van der Waals surface area contributed by atoms with E-state index < -0.39 is 11.9 Å². The summed E-state index contributed by atoms with van der Waals surface area (Å²) >= 11 is 0. The Bertz CT molecular complexity index is 889. The van der Waals surface area contributed by atoms with Gasteiger partial charge in [0.15, 0.2) is 0 Å². The van der Waals surface area contributed by atoms with Crippen LogP contribution in [0.15, 0.2) is 36.4 Å². The zero-order valence-electron chi connectivity index (χ0n) is 10.1. The molecule has 0 atom stereocenters. The molecule has 19 heavy (non-hydrogen) atoms. The van der Waals surface area contributed by atoms with Crippen molar-refractivity contribution in [1.29, 1.82) is 0 Å². The highest BCUT2D eigenvalue weighted by atomic mass is 16.6. The van der Waals surface area contributed by atoms with E-state index in [9.17, 15) is 9.59 Å². The average Bonchev–Trinajstić information content (AvgIpc) is 2.87. The molecule has 0 aliphatic carbocycles. The fourth-order valence-corrected chi connectivity index (χ4v) is 2.82. The van der Waals surface area contributed by atoms with Gasteiger partial charge in [-0.05, 0) is 18.2 Å². The van der Waals surface area contributed by atoms with Crippen molar-refractivity contribution >= 4 is 33.7 Å². The van der Waals surface area contributed by atoms with Crippen molar-refractivity contribution in [1.82, 2.24) is 4.57 Å². The minimum Gasteiger partial charge on any atom is -0.386 e. The molecule has 0 radical (unpaired) electrons. The molecule has 92 valence electrons. The number of cyclic esters (lactones) is 2. The third-order valence-corrected chi connectivity index (χ3v) is 3.69. The number of carbonyl (C=O) groups excluding carboxylic acids is 2. The monoisotopic (exact) mass is 251 g/mol. The van der Waals surface area contributed by atoms with Crippen LogP contribution in [0.25, 0.3) is 21.8 Å². The minimum absolute atomic E-state index is 0.355. The lowest BCUT2D eigenvalue weighted by Gasteiger charge is -1.98. The van der Waals surface area contributed by atoms with Crippen LogP contribution in [0.5, 0.6) is 0 Å². The van der Waals surface area contributed by atoms with Crippen LogP contribution < -0.4 is 0 Å². The highest BCUT2D eigenvalue weighted by Gasteiger charge is 2.33. The Morgan fingerprint density at radius 1 is 0.947 bits per heavy atom. The molecule has 1 aliphatic heterocycles. The maximum Gasteiger partial charge on any atom is 0.347 e. The molecule has 0 saturated carbocycles. The largest absolute Gasteiger partial charge is 0.386 e. The van der Waals surface area contributed by atoms with E-state index in [-0.39, 0.29) is 0 Å². The Labute approximate surface area is 108 Å². The molecule has 0 bridgehead atoms. The summed E-state index contributed by atoms with van der Waals surface area (Å²) < 4.78 is 6.73. The Hall–Kier alpha value is -2.62. The molecule has 1 aromatic heterocycles. The van der Waals surface area contributed by atoms with Crippen molar-refractivity contribution in [3.63, 3.8) is 0 Å². The molecule has 0 N–H and O–H groups in total. The van der Waals surface area contributed by atoms with Crippen LogP contribution >= 0.6 is 0 Å². The third kappa shape index (κ3) is 1.13. The smallest absolute Gasteiger partial charge is 0.347 e. The van der Waals surface area contributed by atoms with E-state index in [0.717, 1.165) is 21.8 Å². The number of carbonyl (C=O) groups is 2. The average molecular weight is 251 g/mol. The fourth-order valence-electron chi connectivity index (χ4n) is 2.82. The lowest BCUT2D eigenvalue weighted by Crippen LogP contribution is -1.97. The molecule has 1 aliphatic rings. The molecule has 0 saturated heterocycles. The molecule has 0 spiro atoms. The van der Waals surface area contributed by atoms with Gasteiger partial charge in [0.2, 0.25) is 0 Å². The van der Waals surface area contributed by atoms with Crippen molar-refractivity contribution in [2.75, 3.05) is 0 Å². The number of fused-ring (bicyclic) bond motifs is 5. The number of hydrogen-bond acceptors (Lipinski definition) is 3. The van der Waals surface area contributed by atoms with E-state index >= 15 is 0 Å². The minimum atomic E-state index is -0.560. The number of aromatic nitrogens is 1. The highest BCUT2D eigenvalue weighted by molar-refractivity contribution is 6.26. The summed E-state index contributed by atoms with van der Waals surface area (Å²) in [6.07, 6.45) is 0. The van der Waals surface area contributed by atoms with E-state index in [4.69, 9.17) is 4.74 Å². The van der Waals surface area contributed by atoms with Crippen molar-refractivity contribution in [3.8, 4) is 0 Å². The zero-order chi connectivity index (χ0) is 13.1. The van der Waals surface area contributed by atoms with Crippen LogP contribution in [0.4, 0.5) is 0 Å². The van der Waals surface area contributed by atoms with Crippen molar-refractivity contribution in [2.24, 2.45) is 7.05 Å². The second kappa shape index (κ2) is 3.23. The molecular weight excluding hydrogens is 242 g/mol. The Morgan fingerprint density at radius 2 is 1.74 bits per heavy atom. The second-order valence-electron chi connectivity index (χ2n) is 4.64. The summed E-state index contributed by atoms with van der Waals surface area (Å²) in [6.45, 7) is 0. The molecule has 4 nitrogen and oxygen atoms in total. The standard InChI is InChI=1S/C15H9NO3/c1-16-10-5-3-2-4-8(10)12-11(16)7-6-9-13(12)15(18)19-14(9)17/h2-7H,1H3. The summed E-state index contributed by atoms with van der Waals surface area (Å²) in [4.78, 5) is 23.5. The number of aryl methyl sites for hydroxylation is 1. The number of hydrogen-bond donors (Lipinski definition) is 0. The molecule has 4 rings (SSSR count). The van der Waals surface area contributed by atoms with Gasteiger partial charge < -0.3 is 9.30 Å². The number of ether oxygens (including phenoxy) is 1. The zero-order valence-corrected chi connectivity index (χ0v) is 10.1. The molecule has 0 unspecified atom stereocenters. The van der Waals surface area contributed by atoms with Crippen LogP contribution in [0.2, 0.25) is 0 Å². The van der Waals surface area contributed by atoms with E-state index in [1.54, 1.807) is 6.07 Å². The summed E-state index contributed by atoms with van der Waals surface area (Å²) in [5, 5.41) is 1.76. The first-order valence-corrected chi connectivity index (χ1v) is 5.95. The fraction of sp³-hybridized carbons (Fsp3) is 0.0667. The first kappa shape index (κ1) is 10.3. The van der Waals surface area contributed by atoms with E-state index in [2.05, 4.69) is 0 Å². The lowest BCUT2D eigenvalue weighted by molar-refractivity contribution is 0.0444. The van der Waals surface area contributed by atoms with E-state index in [0.29, 0.717) is 11.1 Å². The Kier molecular flexibility index (Phi) is 1.75. The van der Waals surface area contributed by atoms with Gasteiger partial charge in [-0.15, -0.1) is 0 Å². The number of nitrogens with zero attached hydrogens (tertiary/aromatic N) is 1. The second-order valence-corrected chi connectivity index (χ2v) is 4.64. The quantitative estimate of drug-likeness (QED) is 0.456. The van der Waals surface area contributed by atoms with E-state index in [1.165, 1.54) is 0 Å². The first-order valence-electron chi connectivity index (χ1n) is 5.95. The highest BCUT2D eigenvalue weighted by Crippen LogP contribution is 2.35. The first-order chi connectivity index (χ1) is 9.18. The van der Waals surface area contributed by atoms with Crippen LogP contribution in [0.1, 0.15) is 20.7 Å². The maximum atomic E-state index is 11.9. The van der Waals surface area contributed by atoms with Gasteiger partial charge in [-0.2, -0.15) is 0 Å². The molecule has 3 aromatic rings. The SMILES string of the molecule is Cn1c2ccccc2c2c3c(ccc21)C(=O)OC3=O. The van der Waals surface area contributed by atoms with Crippen molar-refractivity contribution in [2.45, 2.75) is 0 Å². The summed E-state index contributed by atoms with van der Waals surface area (Å²) in [7, 11) is 1.94. The predicted octanol–water partition coefficient (Wildman–Crippen LogP) is 2.64. The summed E-state index contributed by atoms with van der Waals surface area (Å²) in [5.41, 5.74) is 2.69. The Morgan fingerprint density at radius 3 is 2.58 bits per heavy atom. The Balaban J connectivity index is 2.33. The van der Waals surface area contributed by atoms with Crippen LogP contribution in [0, 0.1) is 0 Å². The lowest BCUT2D eigenvalue weighted by atomic mass is 10.0. The number of esters is 2.